The number of carbonyl (C=O) groups excluding carboxylic acids is 1. The van der Waals surface area contributed by atoms with Crippen LogP contribution in [-0.2, 0) is 4.79 Å². The smallest absolute Gasteiger partial charge is 0.227 e. The lowest BCUT2D eigenvalue weighted by atomic mass is 10.1. The average molecular weight is 173 g/mol. The van der Waals surface area contributed by atoms with Crippen molar-refractivity contribution in [2.45, 2.75) is 33.2 Å². The quantitative estimate of drug-likeness (QED) is 0.685. The molecule has 3 nitrogen and oxygen atoms in total. The fourth-order valence-electron chi connectivity index (χ4n) is 0.924. The predicted octanol–water partition coefficient (Wildman–Crippen LogP) is 0.872. The zero-order valence-corrected chi connectivity index (χ0v) is 8.37. The van der Waals surface area contributed by atoms with Crippen LogP contribution in [0.5, 0.6) is 0 Å². The van der Waals surface area contributed by atoms with Gasteiger partial charge < -0.3 is 10.0 Å². The van der Waals surface area contributed by atoms with Crippen molar-refractivity contribution >= 4 is 5.91 Å². The third-order valence-electron chi connectivity index (χ3n) is 2.18. The van der Waals surface area contributed by atoms with Gasteiger partial charge in [0.25, 0.3) is 0 Å². The van der Waals surface area contributed by atoms with Crippen molar-refractivity contribution in [1.82, 2.24) is 4.90 Å². The third-order valence-corrected chi connectivity index (χ3v) is 2.18. The lowest BCUT2D eigenvalue weighted by molar-refractivity contribution is -0.137. The number of carbonyl (C=O) groups is 1. The van der Waals surface area contributed by atoms with E-state index in [-0.39, 0.29) is 24.5 Å². The zero-order chi connectivity index (χ0) is 9.72. The Kier molecular flexibility index (Phi) is 4.90. The summed E-state index contributed by atoms with van der Waals surface area (Å²) in [6, 6.07) is 0.207. The minimum Gasteiger partial charge on any atom is -0.396 e. The van der Waals surface area contributed by atoms with Gasteiger partial charge in [0.1, 0.15) is 0 Å². The number of amides is 1. The molecule has 0 radical (unpaired) electrons. The lowest BCUT2D eigenvalue weighted by Gasteiger charge is -2.25. The first-order valence-electron chi connectivity index (χ1n) is 4.42. The molecule has 0 aromatic carbocycles. The van der Waals surface area contributed by atoms with Crippen molar-refractivity contribution in [3.8, 4) is 0 Å². The lowest BCUT2D eigenvalue weighted by Crippen LogP contribution is -2.38. The van der Waals surface area contributed by atoms with Crippen LogP contribution in [0.2, 0.25) is 0 Å². The highest BCUT2D eigenvalue weighted by molar-refractivity contribution is 5.78. The van der Waals surface area contributed by atoms with Gasteiger partial charge in [0, 0.05) is 13.1 Å². The molecule has 1 amide bonds. The summed E-state index contributed by atoms with van der Waals surface area (Å²) in [5, 5.41) is 8.88. The number of hydrogen-bond acceptors (Lipinski definition) is 2. The molecule has 0 aromatic rings. The summed E-state index contributed by atoms with van der Waals surface area (Å²) in [7, 11) is 1.77. The Morgan fingerprint density at radius 3 is 2.25 bits per heavy atom. The van der Waals surface area contributed by atoms with Gasteiger partial charge in [0.15, 0.2) is 0 Å². The summed E-state index contributed by atoms with van der Waals surface area (Å²) in [6.45, 7) is 5.78. The average Bonchev–Trinajstić information content (AvgIpc) is 2.05. The van der Waals surface area contributed by atoms with Crippen LogP contribution in [0.4, 0.5) is 0 Å². The van der Waals surface area contributed by atoms with Crippen LogP contribution in [0.15, 0.2) is 0 Å². The summed E-state index contributed by atoms with van der Waals surface area (Å²) in [6.07, 6.45) is 0.701. The van der Waals surface area contributed by atoms with E-state index in [1.165, 1.54) is 0 Å². The SMILES string of the molecule is CCC(CO)C(=O)N(C)C(C)C. The van der Waals surface area contributed by atoms with Crippen LogP contribution in [0, 0.1) is 5.92 Å². The van der Waals surface area contributed by atoms with Crippen LogP contribution in [0.3, 0.4) is 0 Å². The van der Waals surface area contributed by atoms with E-state index in [0.717, 1.165) is 0 Å². The molecule has 1 atom stereocenters. The number of rotatable bonds is 4. The summed E-state index contributed by atoms with van der Waals surface area (Å²) in [4.78, 5) is 13.2. The van der Waals surface area contributed by atoms with Gasteiger partial charge in [-0.2, -0.15) is 0 Å². The fraction of sp³-hybridized carbons (Fsp3) is 0.889. The highest BCUT2D eigenvalue weighted by atomic mass is 16.3. The van der Waals surface area contributed by atoms with E-state index in [1.54, 1.807) is 11.9 Å². The van der Waals surface area contributed by atoms with Crippen molar-refractivity contribution in [1.29, 1.82) is 0 Å². The maximum Gasteiger partial charge on any atom is 0.227 e. The van der Waals surface area contributed by atoms with Crippen molar-refractivity contribution in [2.75, 3.05) is 13.7 Å². The van der Waals surface area contributed by atoms with Crippen molar-refractivity contribution in [3.63, 3.8) is 0 Å². The van der Waals surface area contributed by atoms with E-state index in [2.05, 4.69) is 0 Å². The second kappa shape index (κ2) is 5.14. The van der Waals surface area contributed by atoms with Gasteiger partial charge >= 0.3 is 0 Å². The number of nitrogens with zero attached hydrogens (tertiary/aromatic N) is 1. The van der Waals surface area contributed by atoms with E-state index in [4.69, 9.17) is 5.11 Å². The molecule has 0 aliphatic heterocycles. The molecule has 0 heterocycles. The molecule has 0 bridgehead atoms. The first-order valence-corrected chi connectivity index (χ1v) is 4.42. The molecule has 0 fully saturated rings. The van der Waals surface area contributed by atoms with Gasteiger partial charge in [0.2, 0.25) is 5.91 Å². The molecular formula is C9H19NO2. The molecule has 12 heavy (non-hydrogen) atoms. The van der Waals surface area contributed by atoms with Gasteiger partial charge in [-0.05, 0) is 20.3 Å². The molecular weight excluding hydrogens is 154 g/mol. The van der Waals surface area contributed by atoms with E-state index in [9.17, 15) is 4.79 Å². The van der Waals surface area contributed by atoms with Crippen LogP contribution >= 0.6 is 0 Å². The van der Waals surface area contributed by atoms with Crippen molar-refractivity contribution < 1.29 is 9.90 Å². The second-order valence-electron chi connectivity index (χ2n) is 3.33. The minimum atomic E-state index is -0.225. The standard InChI is InChI=1S/C9H19NO2/c1-5-8(6-11)9(12)10(4)7(2)3/h7-8,11H,5-6H2,1-4H3. The molecule has 3 heteroatoms. The molecule has 1 unspecified atom stereocenters. The Hall–Kier alpha value is -0.570. The Bertz CT molecular complexity index is 137. The molecule has 72 valence electrons. The summed E-state index contributed by atoms with van der Waals surface area (Å²) >= 11 is 0. The normalized spacial score (nSPS) is 13.2. The van der Waals surface area contributed by atoms with E-state index < -0.39 is 0 Å². The van der Waals surface area contributed by atoms with Crippen LogP contribution in [-0.4, -0.2) is 35.6 Å². The Morgan fingerprint density at radius 1 is 1.50 bits per heavy atom. The summed E-state index contributed by atoms with van der Waals surface area (Å²) < 4.78 is 0. The second-order valence-corrected chi connectivity index (χ2v) is 3.33. The molecule has 0 rings (SSSR count). The number of aliphatic hydroxyl groups excluding tert-OH is 1. The van der Waals surface area contributed by atoms with Crippen LogP contribution < -0.4 is 0 Å². The maximum atomic E-state index is 11.5. The first kappa shape index (κ1) is 11.4. The van der Waals surface area contributed by atoms with Crippen LogP contribution in [0.25, 0.3) is 0 Å². The largest absolute Gasteiger partial charge is 0.396 e. The molecule has 0 aromatic heterocycles. The highest BCUT2D eigenvalue weighted by Crippen LogP contribution is 2.07. The first-order chi connectivity index (χ1) is 5.54. The predicted molar refractivity (Wildman–Crippen MR) is 48.8 cm³/mol. The van der Waals surface area contributed by atoms with E-state index in [1.807, 2.05) is 20.8 Å². The molecule has 0 aliphatic rings. The van der Waals surface area contributed by atoms with Crippen molar-refractivity contribution in [2.24, 2.45) is 5.92 Å². The zero-order valence-electron chi connectivity index (χ0n) is 8.37. The maximum absolute atomic E-state index is 11.5. The molecule has 0 saturated heterocycles. The Morgan fingerprint density at radius 2 is 2.00 bits per heavy atom. The number of hydrogen-bond donors (Lipinski definition) is 1. The highest BCUT2D eigenvalue weighted by Gasteiger charge is 2.20. The molecule has 0 aliphatic carbocycles. The monoisotopic (exact) mass is 173 g/mol. The van der Waals surface area contributed by atoms with Gasteiger partial charge in [-0.3, -0.25) is 4.79 Å². The summed E-state index contributed by atoms with van der Waals surface area (Å²) in [5.41, 5.74) is 0. The van der Waals surface area contributed by atoms with Gasteiger partial charge in [-0.25, -0.2) is 0 Å². The van der Waals surface area contributed by atoms with Crippen LogP contribution in [0.1, 0.15) is 27.2 Å². The number of aliphatic hydroxyl groups is 1. The topological polar surface area (TPSA) is 40.5 Å². The molecule has 0 spiro atoms. The molecule has 0 saturated carbocycles. The fourth-order valence-corrected chi connectivity index (χ4v) is 0.924. The Labute approximate surface area is 74.4 Å². The summed E-state index contributed by atoms with van der Waals surface area (Å²) in [5.74, 6) is -0.188. The van der Waals surface area contributed by atoms with E-state index >= 15 is 0 Å². The Balaban J connectivity index is 4.16. The minimum absolute atomic E-state index is 0.0370. The van der Waals surface area contributed by atoms with Crippen molar-refractivity contribution in [3.05, 3.63) is 0 Å². The van der Waals surface area contributed by atoms with Gasteiger partial charge in [0.05, 0.1) is 12.5 Å². The van der Waals surface area contributed by atoms with E-state index in [0.29, 0.717) is 6.42 Å². The molecule has 1 N–H and O–H groups in total. The van der Waals surface area contributed by atoms with Gasteiger partial charge in [-0.1, -0.05) is 6.92 Å². The van der Waals surface area contributed by atoms with Gasteiger partial charge in [-0.15, -0.1) is 0 Å². The third kappa shape index (κ3) is 2.81.